The fourth-order valence-electron chi connectivity index (χ4n) is 3.07. The van der Waals surface area contributed by atoms with Gasteiger partial charge in [-0.3, -0.25) is 0 Å². The molecule has 0 N–H and O–H groups in total. The molecule has 2 atom stereocenters. The van der Waals surface area contributed by atoms with Crippen molar-refractivity contribution < 1.29 is 14.3 Å². The van der Waals surface area contributed by atoms with Gasteiger partial charge in [0.25, 0.3) is 0 Å². The second-order valence-electron chi connectivity index (χ2n) is 5.75. The van der Waals surface area contributed by atoms with E-state index in [-0.39, 0.29) is 5.97 Å². The van der Waals surface area contributed by atoms with Crippen LogP contribution in [0.4, 0.5) is 0 Å². The fourth-order valence-corrected chi connectivity index (χ4v) is 3.07. The van der Waals surface area contributed by atoms with E-state index in [2.05, 4.69) is 39.0 Å². The van der Waals surface area contributed by atoms with Crippen molar-refractivity contribution in [2.24, 2.45) is 0 Å². The molecule has 0 aromatic heterocycles. The Hall–Kier alpha value is -1.35. The van der Waals surface area contributed by atoms with Gasteiger partial charge in [0.15, 0.2) is 5.60 Å². The summed E-state index contributed by atoms with van der Waals surface area (Å²) in [6.07, 6.45) is 1.58. The Kier molecular flexibility index (Phi) is 3.92. The molecule has 0 amide bonds. The smallest absolute Gasteiger partial charge is 0.341 e. The van der Waals surface area contributed by atoms with Gasteiger partial charge in [0.05, 0.1) is 6.61 Å². The lowest BCUT2D eigenvalue weighted by atomic mass is 9.82. The number of benzene rings is 1. The minimum atomic E-state index is -0.809. The highest BCUT2D eigenvalue weighted by Gasteiger charge is 2.73. The first-order chi connectivity index (χ1) is 9.41. The van der Waals surface area contributed by atoms with Crippen molar-refractivity contribution in [2.75, 3.05) is 6.61 Å². The Labute approximate surface area is 121 Å². The Bertz CT molecular complexity index is 523. The molecule has 110 valence electrons. The van der Waals surface area contributed by atoms with Crippen LogP contribution in [0.3, 0.4) is 0 Å². The van der Waals surface area contributed by atoms with Crippen LogP contribution in [0.15, 0.2) is 18.2 Å². The third-order valence-electron chi connectivity index (χ3n) is 4.22. The molecule has 2 unspecified atom stereocenters. The van der Waals surface area contributed by atoms with Gasteiger partial charge < -0.3 is 9.47 Å². The van der Waals surface area contributed by atoms with Crippen LogP contribution >= 0.6 is 0 Å². The summed E-state index contributed by atoms with van der Waals surface area (Å²) in [6, 6.07) is 6.28. The standard InChI is InChI=1S/C17H24O3/c1-6-10-17(15(18)19-7-2)16(5,20-17)14-11-12(3)8-9-13(14)4/h8-9,11H,6-7,10H2,1-5H3. The van der Waals surface area contributed by atoms with Crippen LogP contribution < -0.4 is 0 Å². The molecule has 0 saturated carbocycles. The number of epoxide rings is 1. The minimum absolute atomic E-state index is 0.231. The maximum absolute atomic E-state index is 12.4. The van der Waals surface area contributed by atoms with Gasteiger partial charge in [0.2, 0.25) is 0 Å². The van der Waals surface area contributed by atoms with Gasteiger partial charge in [-0.1, -0.05) is 37.1 Å². The number of hydrogen-bond donors (Lipinski definition) is 0. The summed E-state index contributed by atoms with van der Waals surface area (Å²) in [7, 11) is 0. The number of rotatable bonds is 5. The summed E-state index contributed by atoms with van der Waals surface area (Å²) in [4.78, 5) is 12.4. The zero-order valence-corrected chi connectivity index (χ0v) is 13.1. The van der Waals surface area contributed by atoms with Gasteiger partial charge in [-0.05, 0) is 45.2 Å². The predicted molar refractivity (Wildman–Crippen MR) is 78.6 cm³/mol. The van der Waals surface area contributed by atoms with Gasteiger partial charge in [-0.15, -0.1) is 0 Å². The molecule has 1 saturated heterocycles. The molecule has 20 heavy (non-hydrogen) atoms. The minimum Gasteiger partial charge on any atom is -0.464 e. The highest BCUT2D eigenvalue weighted by atomic mass is 16.7. The first kappa shape index (κ1) is 15.0. The molecule has 1 aliphatic rings. The molecule has 3 nitrogen and oxygen atoms in total. The van der Waals surface area contributed by atoms with E-state index in [0.29, 0.717) is 13.0 Å². The van der Waals surface area contributed by atoms with E-state index in [1.165, 1.54) is 5.56 Å². The van der Waals surface area contributed by atoms with Crippen LogP contribution in [0.25, 0.3) is 0 Å². The second kappa shape index (κ2) is 5.21. The Morgan fingerprint density at radius 2 is 2.00 bits per heavy atom. The van der Waals surface area contributed by atoms with E-state index in [9.17, 15) is 4.79 Å². The SMILES string of the molecule is CCCC1(C(=O)OCC)OC1(C)c1cc(C)ccc1C. The van der Waals surface area contributed by atoms with E-state index in [0.717, 1.165) is 17.5 Å². The van der Waals surface area contributed by atoms with Crippen molar-refractivity contribution in [3.8, 4) is 0 Å². The van der Waals surface area contributed by atoms with E-state index in [4.69, 9.17) is 9.47 Å². The lowest BCUT2D eigenvalue weighted by Gasteiger charge is -2.17. The molecular formula is C17H24O3. The molecule has 0 bridgehead atoms. The van der Waals surface area contributed by atoms with Crippen molar-refractivity contribution in [1.82, 2.24) is 0 Å². The summed E-state index contributed by atoms with van der Waals surface area (Å²) in [5, 5.41) is 0. The maximum Gasteiger partial charge on any atom is 0.341 e. The summed E-state index contributed by atoms with van der Waals surface area (Å²) in [6.45, 7) is 10.4. The van der Waals surface area contributed by atoms with E-state index < -0.39 is 11.2 Å². The van der Waals surface area contributed by atoms with Gasteiger partial charge in [0, 0.05) is 0 Å². The number of carbonyl (C=O) groups is 1. The predicted octanol–water partition coefficient (Wildman–Crippen LogP) is 3.65. The summed E-state index contributed by atoms with van der Waals surface area (Å²) >= 11 is 0. The third-order valence-corrected chi connectivity index (χ3v) is 4.22. The van der Waals surface area contributed by atoms with Crippen LogP contribution in [-0.2, 0) is 19.9 Å². The van der Waals surface area contributed by atoms with Crippen molar-refractivity contribution in [1.29, 1.82) is 0 Å². The largest absolute Gasteiger partial charge is 0.464 e. The van der Waals surface area contributed by atoms with Crippen molar-refractivity contribution in [3.63, 3.8) is 0 Å². The number of carbonyl (C=O) groups excluding carboxylic acids is 1. The molecule has 0 aliphatic carbocycles. The quantitative estimate of drug-likeness (QED) is 0.608. The van der Waals surface area contributed by atoms with Crippen LogP contribution in [0.2, 0.25) is 0 Å². The number of aryl methyl sites for hydroxylation is 2. The van der Waals surface area contributed by atoms with Gasteiger partial charge in [-0.2, -0.15) is 0 Å². The molecular weight excluding hydrogens is 252 g/mol. The van der Waals surface area contributed by atoms with E-state index >= 15 is 0 Å². The molecule has 3 heteroatoms. The first-order valence-electron chi connectivity index (χ1n) is 7.36. The summed E-state index contributed by atoms with van der Waals surface area (Å²) < 4.78 is 11.2. The Morgan fingerprint density at radius 3 is 2.60 bits per heavy atom. The molecule has 2 rings (SSSR count). The monoisotopic (exact) mass is 276 g/mol. The average Bonchev–Trinajstić information content (AvgIpc) is 3.01. The van der Waals surface area contributed by atoms with E-state index in [1.807, 2.05) is 13.8 Å². The number of esters is 1. The first-order valence-corrected chi connectivity index (χ1v) is 7.36. The van der Waals surface area contributed by atoms with E-state index in [1.54, 1.807) is 0 Å². The van der Waals surface area contributed by atoms with Crippen LogP contribution in [0, 0.1) is 13.8 Å². The highest BCUT2D eigenvalue weighted by Crippen LogP contribution is 2.59. The lowest BCUT2D eigenvalue weighted by molar-refractivity contribution is -0.149. The molecule has 1 heterocycles. The summed E-state index contributed by atoms with van der Waals surface area (Å²) in [5.74, 6) is -0.231. The molecule has 1 aromatic rings. The van der Waals surface area contributed by atoms with Crippen LogP contribution in [0.5, 0.6) is 0 Å². The molecule has 1 aromatic carbocycles. The highest BCUT2D eigenvalue weighted by molar-refractivity contribution is 5.85. The fraction of sp³-hybridized carbons (Fsp3) is 0.588. The van der Waals surface area contributed by atoms with Crippen LogP contribution in [-0.4, -0.2) is 18.2 Å². The maximum atomic E-state index is 12.4. The van der Waals surface area contributed by atoms with Crippen molar-refractivity contribution in [3.05, 3.63) is 34.9 Å². The molecule has 1 fully saturated rings. The van der Waals surface area contributed by atoms with Crippen molar-refractivity contribution in [2.45, 2.75) is 58.7 Å². The zero-order chi connectivity index (χ0) is 15.0. The Morgan fingerprint density at radius 1 is 1.30 bits per heavy atom. The average molecular weight is 276 g/mol. The van der Waals surface area contributed by atoms with Gasteiger partial charge >= 0.3 is 5.97 Å². The molecule has 0 spiro atoms. The van der Waals surface area contributed by atoms with Crippen molar-refractivity contribution >= 4 is 5.97 Å². The van der Waals surface area contributed by atoms with Gasteiger partial charge in [0.1, 0.15) is 5.60 Å². The van der Waals surface area contributed by atoms with Gasteiger partial charge in [-0.25, -0.2) is 4.79 Å². The summed E-state index contributed by atoms with van der Waals surface area (Å²) in [5.41, 5.74) is 2.05. The number of hydrogen-bond acceptors (Lipinski definition) is 3. The molecule has 1 aliphatic heterocycles. The molecule has 0 radical (unpaired) electrons. The normalized spacial score (nSPS) is 28.2. The topological polar surface area (TPSA) is 38.8 Å². The number of ether oxygens (including phenoxy) is 2. The Balaban J connectivity index is 2.40. The zero-order valence-electron chi connectivity index (χ0n) is 13.1. The second-order valence-corrected chi connectivity index (χ2v) is 5.75. The third kappa shape index (κ3) is 2.14. The lowest BCUT2D eigenvalue weighted by Crippen LogP contribution is -2.33. The van der Waals surface area contributed by atoms with Crippen LogP contribution in [0.1, 0.15) is 50.3 Å².